The molecule has 5 heteroatoms. The van der Waals surface area contributed by atoms with Crippen molar-refractivity contribution in [2.75, 3.05) is 0 Å². The monoisotopic (exact) mass is 222 g/mol. The summed E-state index contributed by atoms with van der Waals surface area (Å²) in [6, 6.07) is 3.72. The van der Waals surface area contributed by atoms with Gasteiger partial charge in [-0.15, -0.1) is 0 Å². The second kappa shape index (κ2) is 3.89. The Balaban J connectivity index is 2.28. The molecule has 1 aliphatic rings. The summed E-state index contributed by atoms with van der Waals surface area (Å²) in [4.78, 5) is 16.2. The first kappa shape index (κ1) is 9.36. The molecule has 1 fully saturated rings. The molecule has 0 aliphatic carbocycles. The highest BCUT2D eigenvalue weighted by atomic mass is 32.2. The quantitative estimate of drug-likeness (QED) is 0.584. The van der Waals surface area contributed by atoms with Crippen LogP contribution in [0.2, 0.25) is 0 Å². The molecule has 0 unspecified atom stereocenters. The zero-order chi connectivity index (χ0) is 9.97. The number of thioether (sulfide) groups is 1. The van der Waals surface area contributed by atoms with Crippen LogP contribution in [-0.4, -0.2) is 15.2 Å². The minimum atomic E-state index is -0.115. The fourth-order valence-electron chi connectivity index (χ4n) is 1.03. The van der Waals surface area contributed by atoms with Crippen LogP contribution in [0.15, 0.2) is 29.4 Å². The minimum Gasteiger partial charge on any atom is -0.307 e. The van der Waals surface area contributed by atoms with E-state index in [4.69, 9.17) is 12.2 Å². The maximum absolute atomic E-state index is 11.0. The highest BCUT2D eigenvalue weighted by Crippen LogP contribution is 2.26. The van der Waals surface area contributed by atoms with Crippen molar-refractivity contribution in [1.82, 2.24) is 10.3 Å². The topological polar surface area (TPSA) is 42.0 Å². The number of aromatic nitrogens is 1. The van der Waals surface area contributed by atoms with Gasteiger partial charge in [0.2, 0.25) is 0 Å². The molecule has 70 valence electrons. The van der Waals surface area contributed by atoms with Gasteiger partial charge in [-0.25, -0.2) is 0 Å². The average Bonchev–Trinajstić information content (AvgIpc) is 2.47. The number of hydrogen-bond donors (Lipinski definition) is 1. The van der Waals surface area contributed by atoms with Crippen LogP contribution in [0.5, 0.6) is 0 Å². The van der Waals surface area contributed by atoms with Gasteiger partial charge in [-0.3, -0.25) is 9.78 Å². The molecule has 0 radical (unpaired) electrons. The second-order valence-electron chi connectivity index (χ2n) is 2.63. The first-order valence-corrected chi connectivity index (χ1v) is 5.13. The molecule has 14 heavy (non-hydrogen) atoms. The van der Waals surface area contributed by atoms with E-state index in [9.17, 15) is 4.79 Å². The lowest BCUT2D eigenvalue weighted by Crippen LogP contribution is -2.15. The molecular weight excluding hydrogens is 216 g/mol. The Bertz CT molecular complexity index is 414. The standard InChI is InChI=1S/C9H6N2OS2/c12-9-11-8(13)7(14-9)5-6-1-3-10-4-2-6/h1-5H,(H,11,12,13)/b7-5-. The van der Waals surface area contributed by atoms with Crippen LogP contribution in [0.3, 0.4) is 0 Å². The van der Waals surface area contributed by atoms with Crippen molar-refractivity contribution in [2.24, 2.45) is 0 Å². The summed E-state index contributed by atoms with van der Waals surface area (Å²) in [6.07, 6.45) is 5.27. The average molecular weight is 222 g/mol. The number of nitrogens with zero attached hydrogens (tertiary/aromatic N) is 1. The van der Waals surface area contributed by atoms with Crippen molar-refractivity contribution in [3.8, 4) is 0 Å². The molecular formula is C9H6N2OS2. The fourth-order valence-corrected chi connectivity index (χ4v) is 2.06. The molecule has 0 saturated carbocycles. The van der Waals surface area contributed by atoms with E-state index in [0.717, 1.165) is 22.2 Å². The summed E-state index contributed by atoms with van der Waals surface area (Å²) in [6.45, 7) is 0. The van der Waals surface area contributed by atoms with Crippen LogP contribution < -0.4 is 5.32 Å². The zero-order valence-electron chi connectivity index (χ0n) is 7.06. The lowest BCUT2D eigenvalue weighted by Gasteiger charge is -1.94. The van der Waals surface area contributed by atoms with Crippen LogP contribution in [0, 0.1) is 0 Å². The Kier molecular flexibility index (Phi) is 2.60. The Hall–Kier alpha value is -1.20. The van der Waals surface area contributed by atoms with Crippen molar-refractivity contribution in [1.29, 1.82) is 0 Å². The second-order valence-corrected chi connectivity index (χ2v) is 4.06. The van der Waals surface area contributed by atoms with Crippen molar-refractivity contribution in [3.63, 3.8) is 0 Å². The number of hydrogen-bond acceptors (Lipinski definition) is 4. The van der Waals surface area contributed by atoms with Crippen LogP contribution in [0.4, 0.5) is 4.79 Å². The van der Waals surface area contributed by atoms with E-state index in [-0.39, 0.29) is 5.24 Å². The first-order chi connectivity index (χ1) is 6.75. The van der Waals surface area contributed by atoms with Gasteiger partial charge in [0.1, 0.15) is 4.99 Å². The first-order valence-electron chi connectivity index (χ1n) is 3.90. The molecule has 0 bridgehead atoms. The van der Waals surface area contributed by atoms with E-state index in [1.165, 1.54) is 0 Å². The molecule has 0 spiro atoms. The van der Waals surface area contributed by atoms with E-state index < -0.39 is 0 Å². The summed E-state index contributed by atoms with van der Waals surface area (Å²) in [5, 5.41) is 2.44. The fraction of sp³-hybridized carbons (Fsp3) is 0. The van der Waals surface area contributed by atoms with Gasteiger partial charge in [0.25, 0.3) is 5.24 Å². The number of nitrogens with one attached hydrogen (secondary N) is 1. The predicted molar refractivity (Wildman–Crippen MR) is 60.9 cm³/mol. The molecule has 2 rings (SSSR count). The maximum atomic E-state index is 11.0. The van der Waals surface area contributed by atoms with E-state index in [0.29, 0.717) is 4.99 Å². The van der Waals surface area contributed by atoms with Crippen LogP contribution in [0.25, 0.3) is 6.08 Å². The van der Waals surface area contributed by atoms with Crippen molar-refractivity contribution in [3.05, 3.63) is 35.0 Å². The third kappa shape index (κ3) is 2.00. The molecule has 1 aromatic rings. The predicted octanol–water partition coefficient (Wildman–Crippen LogP) is 2.21. The van der Waals surface area contributed by atoms with Crippen molar-refractivity contribution >= 4 is 40.3 Å². The number of rotatable bonds is 1. The highest BCUT2D eigenvalue weighted by Gasteiger charge is 2.21. The molecule has 1 aromatic heterocycles. The number of carbonyl (C=O) groups is 1. The molecule has 1 amide bonds. The van der Waals surface area contributed by atoms with Gasteiger partial charge >= 0.3 is 0 Å². The van der Waals surface area contributed by atoms with E-state index in [2.05, 4.69) is 10.3 Å². The molecule has 1 saturated heterocycles. The lowest BCUT2D eigenvalue weighted by molar-refractivity contribution is 0.265. The van der Waals surface area contributed by atoms with Gasteiger partial charge in [0.05, 0.1) is 4.91 Å². The van der Waals surface area contributed by atoms with Crippen LogP contribution >= 0.6 is 24.0 Å². The number of carbonyl (C=O) groups excluding carboxylic acids is 1. The van der Waals surface area contributed by atoms with Gasteiger partial charge < -0.3 is 5.32 Å². The van der Waals surface area contributed by atoms with E-state index in [1.807, 2.05) is 18.2 Å². The van der Waals surface area contributed by atoms with Gasteiger partial charge in [-0.1, -0.05) is 12.2 Å². The lowest BCUT2D eigenvalue weighted by atomic mass is 10.2. The minimum absolute atomic E-state index is 0.115. The summed E-state index contributed by atoms with van der Waals surface area (Å²) in [7, 11) is 0. The Labute approximate surface area is 90.6 Å². The molecule has 2 heterocycles. The third-order valence-electron chi connectivity index (χ3n) is 1.65. The van der Waals surface area contributed by atoms with Crippen LogP contribution in [0.1, 0.15) is 5.56 Å². The Morgan fingerprint density at radius 2 is 2.14 bits per heavy atom. The normalized spacial score (nSPS) is 18.7. The molecule has 0 aromatic carbocycles. The van der Waals surface area contributed by atoms with E-state index in [1.54, 1.807) is 12.4 Å². The maximum Gasteiger partial charge on any atom is 0.289 e. The molecule has 1 aliphatic heterocycles. The van der Waals surface area contributed by atoms with Gasteiger partial charge in [0.15, 0.2) is 0 Å². The number of pyridine rings is 1. The Morgan fingerprint density at radius 3 is 2.71 bits per heavy atom. The van der Waals surface area contributed by atoms with Crippen molar-refractivity contribution in [2.45, 2.75) is 0 Å². The summed E-state index contributed by atoms with van der Waals surface area (Å²) >= 11 is 6.10. The van der Waals surface area contributed by atoms with Crippen LogP contribution in [-0.2, 0) is 0 Å². The largest absolute Gasteiger partial charge is 0.307 e. The van der Waals surface area contributed by atoms with Crippen molar-refractivity contribution < 1.29 is 4.79 Å². The van der Waals surface area contributed by atoms with Gasteiger partial charge in [-0.2, -0.15) is 0 Å². The third-order valence-corrected chi connectivity index (χ3v) is 2.93. The summed E-state index contributed by atoms with van der Waals surface area (Å²) < 4.78 is 0. The molecule has 1 N–H and O–H groups in total. The highest BCUT2D eigenvalue weighted by molar-refractivity contribution is 8.19. The summed E-state index contributed by atoms with van der Waals surface area (Å²) in [5.41, 5.74) is 0.987. The smallest absolute Gasteiger partial charge is 0.289 e. The SMILES string of the molecule is O=C1NC(=S)/C(=C/c2ccncc2)S1. The number of thiocarbonyl (C=S) groups is 1. The zero-order valence-corrected chi connectivity index (χ0v) is 8.69. The number of amides is 1. The molecule has 0 atom stereocenters. The Morgan fingerprint density at radius 1 is 1.43 bits per heavy atom. The summed E-state index contributed by atoms with van der Waals surface area (Å²) in [5.74, 6) is 0. The van der Waals surface area contributed by atoms with Gasteiger partial charge in [0, 0.05) is 12.4 Å². The molecule has 3 nitrogen and oxygen atoms in total. The van der Waals surface area contributed by atoms with Gasteiger partial charge in [-0.05, 0) is 35.5 Å². The van der Waals surface area contributed by atoms with E-state index >= 15 is 0 Å².